The molecule has 2 aromatic carbocycles. The highest BCUT2D eigenvalue weighted by atomic mass is 35.5. The summed E-state index contributed by atoms with van der Waals surface area (Å²) in [6.45, 7) is 4.03. The fraction of sp³-hybridized carbons (Fsp3) is 0.333. The number of benzene rings is 2. The minimum Gasteiger partial charge on any atom is -0.466 e. The Hall–Kier alpha value is -2.37. The van der Waals surface area contributed by atoms with E-state index in [-0.39, 0.29) is 37.1 Å². The van der Waals surface area contributed by atoms with E-state index in [2.05, 4.69) is 5.32 Å². The van der Waals surface area contributed by atoms with Gasteiger partial charge in [-0.05, 0) is 30.5 Å². The highest BCUT2D eigenvalue weighted by Gasteiger charge is 2.22. The Balaban J connectivity index is 0.00000364. The lowest BCUT2D eigenvalue weighted by atomic mass is 9.98. The molecule has 146 valence electrons. The van der Waals surface area contributed by atoms with Gasteiger partial charge in [0.2, 0.25) is 5.91 Å². The Morgan fingerprint density at radius 2 is 1.67 bits per heavy atom. The van der Waals surface area contributed by atoms with Gasteiger partial charge in [-0.15, -0.1) is 12.4 Å². The van der Waals surface area contributed by atoms with E-state index in [1.165, 1.54) is 0 Å². The second-order valence-corrected chi connectivity index (χ2v) is 6.21. The highest BCUT2D eigenvalue weighted by molar-refractivity contribution is 5.85. The van der Waals surface area contributed by atoms with Crippen LogP contribution in [0.3, 0.4) is 0 Å². The number of nitrogens with one attached hydrogen (secondary N) is 1. The van der Waals surface area contributed by atoms with Gasteiger partial charge < -0.3 is 15.8 Å². The Bertz CT molecular complexity index is 737. The minimum absolute atomic E-state index is 0. The van der Waals surface area contributed by atoms with Gasteiger partial charge in [-0.1, -0.05) is 54.6 Å². The van der Waals surface area contributed by atoms with Gasteiger partial charge in [-0.25, -0.2) is 0 Å². The Morgan fingerprint density at radius 1 is 1.04 bits per heavy atom. The molecule has 0 saturated heterocycles. The Kier molecular flexibility index (Phi) is 9.54. The van der Waals surface area contributed by atoms with Gasteiger partial charge in [0.05, 0.1) is 19.1 Å². The van der Waals surface area contributed by atoms with Crippen LogP contribution in [0, 0.1) is 6.92 Å². The average Bonchev–Trinajstić information content (AvgIpc) is 2.62. The van der Waals surface area contributed by atoms with Crippen LogP contribution >= 0.6 is 12.4 Å². The molecule has 2 atom stereocenters. The molecule has 1 amide bonds. The summed E-state index contributed by atoms with van der Waals surface area (Å²) in [5.74, 6) is -0.535. The van der Waals surface area contributed by atoms with Crippen LogP contribution < -0.4 is 11.1 Å². The standard InChI is InChI=1S/C21H26N2O3.ClH/c1-3-26-21(25)14-19(17-12-8-7-9-15(17)2)23-20(24)13-18(22)16-10-5-4-6-11-16;/h4-12,18-19H,3,13-14,22H2,1-2H3,(H,23,24);1H. The molecule has 0 radical (unpaired) electrons. The predicted molar refractivity (Wildman–Crippen MR) is 109 cm³/mol. The molecule has 0 bridgehead atoms. The van der Waals surface area contributed by atoms with Crippen molar-refractivity contribution in [3.05, 3.63) is 71.3 Å². The number of carbonyl (C=O) groups excluding carboxylic acids is 2. The van der Waals surface area contributed by atoms with Gasteiger partial charge in [-0.3, -0.25) is 9.59 Å². The summed E-state index contributed by atoms with van der Waals surface area (Å²) < 4.78 is 5.05. The number of carbonyl (C=O) groups is 2. The molecule has 0 aliphatic heterocycles. The number of hydrogen-bond donors (Lipinski definition) is 2. The predicted octanol–water partition coefficient (Wildman–Crippen LogP) is 3.62. The first-order valence-electron chi connectivity index (χ1n) is 8.82. The van der Waals surface area contributed by atoms with Crippen molar-refractivity contribution in [2.45, 2.75) is 38.8 Å². The number of nitrogens with two attached hydrogens (primary N) is 1. The summed E-state index contributed by atoms with van der Waals surface area (Å²) >= 11 is 0. The molecular weight excluding hydrogens is 364 g/mol. The molecule has 0 aliphatic rings. The third kappa shape index (κ3) is 7.04. The topological polar surface area (TPSA) is 81.4 Å². The summed E-state index contributed by atoms with van der Waals surface area (Å²) in [6.07, 6.45) is 0.236. The molecule has 0 fully saturated rings. The number of hydrogen-bond acceptors (Lipinski definition) is 4. The molecule has 0 saturated carbocycles. The smallest absolute Gasteiger partial charge is 0.308 e. The lowest BCUT2D eigenvalue weighted by Crippen LogP contribution is -2.33. The second kappa shape index (κ2) is 11.4. The van der Waals surface area contributed by atoms with Gasteiger partial charge >= 0.3 is 5.97 Å². The second-order valence-electron chi connectivity index (χ2n) is 6.21. The molecule has 2 rings (SSSR count). The summed E-state index contributed by atoms with van der Waals surface area (Å²) in [6, 6.07) is 16.3. The lowest BCUT2D eigenvalue weighted by Gasteiger charge is -2.21. The first-order chi connectivity index (χ1) is 12.5. The average molecular weight is 391 g/mol. The van der Waals surface area contributed by atoms with E-state index in [4.69, 9.17) is 10.5 Å². The van der Waals surface area contributed by atoms with Gasteiger partial charge in [0.25, 0.3) is 0 Å². The summed E-state index contributed by atoms with van der Waals surface area (Å²) in [4.78, 5) is 24.5. The van der Waals surface area contributed by atoms with Crippen LogP contribution in [-0.2, 0) is 14.3 Å². The first kappa shape index (κ1) is 22.7. The SMILES string of the molecule is CCOC(=O)CC(NC(=O)CC(N)c1ccccc1)c1ccccc1C.Cl. The van der Waals surface area contributed by atoms with Crippen LogP contribution in [-0.4, -0.2) is 18.5 Å². The van der Waals surface area contributed by atoms with E-state index in [0.29, 0.717) is 6.61 Å². The third-order valence-corrected chi connectivity index (χ3v) is 4.21. The van der Waals surface area contributed by atoms with Crippen LogP contribution in [0.15, 0.2) is 54.6 Å². The van der Waals surface area contributed by atoms with Crippen molar-refractivity contribution >= 4 is 24.3 Å². The molecule has 0 spiro atoms. The summed E-state index contributed by atoms with van der Waals surface area (Å²) in [7, 11) is 0. The van der Waals surface area contributed by atoms with Crippen LogP contribution in [0.5, 0.6) is 0 Å². The zero-order chi connectivity index (χ0) is 18.9. The number of aryl methyl sites for hydroxylation is 1. The fourth-order valence-corrected chi connectivity index (χ4v) is 2.87. The van der Waals surface area contributed by atoms with Crippen molar-refractivity contribution < 1.29 is 14.3 Å². The molecular formula is C21H27ClN2O3. The lowest BCUT2D eigenvalue weighted by molar-refractivity contribution is -0.143. The van der Waals surface area contributed by atoms with E-state index in [1.54, 1.807) is 6.92 Å². The van der Waals surface area contributed by atoms with Crippen molar-refractivity contribution in [3.63, 3.8) is 0 Å². The Morgan fingerprint density at radius 3 is 2.30 bits per heavy atom. The van der Waals surface area contributed by atoms with Crippen molar-refractivity contribution in [1.29, 1.82) is 0 Å². The summed E-state index contributed by atoms with van der Waals surface area (Å²) in [5, 5.41) is 2.94. The normalized spacial score (nSPS) is 12.4. The van der Waals surface area contributed by atoms with E-state index in [0.717, 1.165) is 16.7 Å². The largest absolute Gasteiger partial charge is 0.466 e. The summed E-state index contributed by atoms with van der Waals surface area (Å²) in [5.41, 5.74) is 8.95. The van der Waals surface area contributed by atoms with Gasteiger partial charge in [0.15, 0.2) is 0 Å². The maximum absolute atomic E-state index is 12.5. The van der Waals surface area contributed by atoms with Crippen LogP contribution in [0.2, 0.25) is 0 Å². The van der Waals surface area contributed by atoms with Crippen molar-refractivity contribution in [3.8, 4) is 0 Å². The maximum atomic E-state index is 12.5. The van der Waals surface area contributed by atoms with E-state index in [9.17, 15) is 9.59 Å². The van der Waals surface area contributed by atoms with Gasteiger partial charge in [0, 0.05) is 12.5 Å². The van der Waals surface area contributed by atoms with Crippen LogP contribution in [0.1, 0.15) is 48.5 Å². The molecule has 5 nitrogen and oxygen atoms in total. The van der Waals surface area contributed by atoms with E-state index < -0.39 is 12.1 Å². The maximum Gasteiger partial charge on any atom is 0.308 e. The quantitative estimate of drug-likeness (QED) is 0.674. The molecule has 6 heteroatoms. The number of rotatable bonds is 8. The minimum atomic E-state index is -0.439. The van der Waals surface area contributed by atoms with Crippen molar-refractivity contribution in [1.82, 2.24) is 5.32 Å². The number of esters is 1. The molecule has 0 aromatic heterocycles. The number of amides is 1. The zero-order valence-electron chi connectivity index (χ0n) is 15.7. The molecule has 2 unspecified atom stereocenters. The van der Waals surface area contributed by atoms with Crippen LogP contribution in [0.25, 0.3) is 0 Å². The van der Waals surface area contributed by atoms with Gasteiger partial charge in [-0.2, -0.15) is 0 Å². The molecule has 0 heterocycles. The first-order valence-corrected chi connectivity index (χ1v) is 8.82. The molecule has 27 heavy (non-hydrogen) atoms. The van der Waals surface area contributed by atoms with Crippen molar-refractivity contribution in [2.75, 3.05) is 6.61 Å². The molecule has 0 aliphatic carbocycles. The van der Waals surface area contributed by atoms with Crippen molar-refractivity contribution in [2.24, 2.45) is 5.73 Å². The number of ether oxygens (including phenoxy) is 1. The Labute approximate surface area is 166 Å². The highest BCUT2D eigenvalue weighted by Crippen LogP contribution is 2.22. The van der Waals surface area contributed by atoms with Crippen LogP contribution in [0.4, 0.5) is 0 Å². The van der Waals surface area contributed by atoms with E-state index >= 15 is 0 Å². The fourth-order valence-electron chi connectivity index (χ4n) is 2.87. The number of halogens is 1. The third-order valence-electron chi connectivity index (χ3n) is 4.21. The molecule has 3 N–H and O–H groups in total. The molecule has 2 aromatic rings. The van der Waals surface area contributed by atoms with Gasteiger partial charge in [0.1, 0.15) is 0 Å². The monoisotopic (exact) mass is 390 g/mol. The van der Waals surface area contributed by atoms with E-state index in [1.807, 2.05) is 61.5 Å². The zero-order valence-corrected chi connectivity index (χ0v) is 16.5.